The molecule has 0 saturated heterocycles. The van der Waals surface area contributed by atoms with E-state index in [-0.39, 0.29) is 23.7 Å². The van der Waals surface area contributed by atoms with Crippen LogP contribution in [0.4, 0.5) is 4.39 Å². The fraction of sp³-hybridized carbons (Fsp3) is 0.150. The van der Waals surface area contributed by atoms with E-state index in [1.54, 1.807) is 42.5 Å². The summed E-state index contributed by atoms with van der Waals surface area (Å²) in [5.41, 5.74) is -0.311. The molecule has 0 aliphatic rings. The van der Waals surface area contributed by atoms with Crippen molar-refractivity contribution in [2.75, 3.05) is 0 Å². The number of ether oxygens (including phenoxy) is 1. The smallest absolute Gasteiger partial charge is 0.332 e. The third-order valence-corrected chi connectivity index (χ3v) is 4.55. The highest BCUT2D eigenvalue weighted by molar-refractivity contribution is 5.72. The maximum Gasteiger partial charge on any atom is 0.332 e. The molecule has 0 spiro atoms. The number of benzene rings is 2. The predicted molar refractivity (Wildman–Crippen MR) is 102 cm³/mol. The summed E-state index contributed by atoms with van der Waals surface area (Å²) in [6.45, 7) is 0.0266. The van der Waals surface area contributed by atoms with E-state index in [1.165, 1.54) is 29.3 Å². The van der Waals surface area contributed by atoms with Crippen LogP contribution in [0.3, 0.4) is 0 Å². The zero-order valence-corrected chi connectivity index (χ0v) is 15.3. The lowest BCUT2D eigenvalue weighted by Crippen LogP contribution is -2.37. The van der Waals surface area contributed by atoms with Crippen molar-refractivity contribution in [1.29, 1.82) is 0 Å². The molecule has 0 unspecified atom stereocenters. The van der Waals surface area contributed by atoms with Crippen LogP contribution in [0.2, 0.25) is 0 Å². The van der Waals surface area contributed by atoms with Crippen LogP contribution in [-0.4, -0.2) is 18.7 Å². The summed E-state index contributed by atoms with van der Waals surface area (Å²) in [7, 11) is 2.92. The Kier molecular flexibility index (Phi) is 4.31. The quantitative estimate of drug-likeness (QED) is 0.545. The van der Waals surface area contributed by atoms with Crippen molar-refractivity contribution in [2.45, 2.75) is 6.54 Å². The Morgan fingerprint density at radius 2 is 1.64 bits per heavy atom. The van der Waals surface area contributed by atoms with E-state index in [4.69, 9.17) is 4.74 Å². The van der Waals surface area contributed by atoms with Crippen LogP contribution in [0.1, 0.15) is 5.56 Å². The summed E-state index contributed by atoms with van der Waals surface area (Å²) in [6, 6.07) is 15.3. The number of hydrogen-bond donors (Lipinski definition) is 0. The van der Waals surface area contributed by atoms with Gasteiger partial charge in [-0.2, -0.15) is 4.98 Å². The van der Waals surface area contributed by atoms with Crippen molar-refractivity contribution in [3.8, 4) is 11.8 Å². The number of nitrogens with zero attached hydrogens (tertiary/aromatic N) is 4. The van der Waals surface area contributed by atoms with Gasteiger partial charge in [-0.25, -0.2) is 9.18 Å². The molecule has 0 fully saturated rings. The summed E-state index contributed by atoms with van der Waals surface area (Å²) in [5, 5.41) is 0. The van der Waals surface area contributed by atoms with Crippen molar-refractivity contribution < 1.29 is 9.13 Å². The number of para-hydroxylation sites is 1. The van der Waals surface area contributed by atoms with Crippen LogP contribution in [-0.2, 0) is 20.6 Å². The summed E-state index contributed by atoms with van der Waals surface area (Å²) >= 11 is 0. The molecule has 0 atom stereocenters. The molecular formula is C20H17FN4O3. The van der Waals surface area contributed by atoms with Gasteiger partial charge in [0.2, 0.25) is 0 Å². The molecule has 4 rings (SSSR count). The normalized spacial score (nSPS) is 11.1. The molecule has 28 heavy (non-hydrogen) atoms. The number of aromatic nitrogens is 4. The molecule has 0 N–H and O–H groups in total. The third kappa shape index (κ3) is 2.88. The minimum absolute atomic E-state index is 0.0266. The highest BCUT2D eigenvalue weighted by atomic mass is 19.1. The minimum atomic E-state index is -0.523. The Morgan fingerprint density at radius 1 is 0.964 bits per heavy atom. The first-order chi connectivity index (χ1) is 13.5. The Labute approximate surface area is 158 Å². The van der Waals surface area contributed by atoms with Gasteiger partial charge < -0.3 is 4.74 Å². The van der Waals surface area contributed by atoms with Crippen LogP contribution < -0.4 is 16.0 Å². The average Bonchev–Trinajstić information content (AvgIpc) is 3.05. The highest BCUT2D eigenvalue weighted by Crippen LogP contribution is 2.25. The molecule has 2 aromatic carbocycles. The molecular weight excluding hydrogens is 363 g/mol. The summed E-state index contributed by atoms with van der Waals surface area (Å²) in [4.78, 5) is 29.4. The van der Waals surface area contributed by atoms with Crippen molar-refractivity contribution in [3.05, 3.63) is 86.8 Å². The van der Waals surface area contributed by atoms with Crippen LogP contribution in [0, 0.1) is 5.82 Å². The van der Waals surface area contributed by atoms with Gasteiger partial charge in [0, 0.05) is 19.7 Å². The number of hydrogen-bond acceptors (Lipinski definition) is 4. The lowest BCUT2D eigenvalue weighted by Gasteiger charge is -2.10. The fourth-order valence-electron chi connectivity index (χ4n) is 3.04. The van der Waals surface area contributed by atoms with Crippen LogP contribution in [0.5, 0.6) is 11.8 Å². The van der Waals surface area contributed by atoms with Gasteiger partial charge in [-0.1, -0.05) is 36.4 Å². The second-order valence-corrected chi connectivity index (χ2v) is 6.37. The number of aryl methyl sites for hydroxylation is 1. The van der Waals surface area contributed by atoms with Gasteiger partial charge in [-0.3, -0.25) is 18.5 Å². The maximum absolute atomic E-state index is 14.3. The molecule has 8 heteroatoms. The van der Waals surface area contributed by atoms with E-state index in [2.05, 4.69) is 4.98 Å². The Morgan fingerprint density at radius 3 is 2.36 bits per heavy atom. The first kappa shape index (κ1) is 17.7. The molecule has 0 aliphatic heterocycles. The molecule has 2 heterocycles. The first-order valence-corrected chi connectivity index (χ1v) is 8.60. The number of fused-ring (bicyclic) bond motifs is 1. The average molecular weight is 380 g/mol. The van der Waals surface area contributed by atoms with Gasteiger partial charge in [-0.15, -0.1) is 0 Å². The zero-order valence-electron chi connectivity index (χ0n) is 15.3. The van der Waals surface area contributed by atoms with Gasteiger partial charge >= 0.3 is 11.7 Å². The second kappa shape index (κ2) is 6.80. The van der Waals surface area contributed by atoms with E-state index in [9.17, 15) is 14.0 Å². The molecule has 4 aromatic rings. The van der Waals surface area contributed by atoms with E-state index in [0.29, 0.717) is 11.3 Å². The van der Waals surface area contributed by atoms with E-state index < -0.39 is 17.1 Å². The lowest BCUT2D eigenvalue weighted by molar-refractivity contribution is 0.419. The van der Waals surface area contributed by atoms with Crippen molar-refractivity contribution in [1.82, 2.24) is 18.7 Å². The van der Waals surface area contributed by atoms with Gasteiger partial charge in [0.05, 0.1) is 6.54 Å². The Balaban J connectivity index is 1.98. The van der Waals surface area contributed by atoms with Gasteiger partial charge in [0.1, 0.15) is 11.6 Å². The van der Waals surface area contributed by atoms with E-state index in [0.717, 1.165) is 4.57 Å². The molecule has 142 valence electrons. The van der Waals surface area contributed by atoms with Crippen molar-refractivity contribution >= 4 is 11.2 Å². The molecule has 0 bridgehead atoms. The molecule has 2 aromatic heterocycles. The molecule has 0 saturated carbocycles. The topological polar surface area (TPSA) is 71.1 Å². The first-order valence-electron chi connectivity index (χ1n) is 8.60. The largest absolute Gasteiger partial charge is 0.425 e. The number of imidazole rings is 1. The van der Waals surface area contributed by atoms with Gasteiger partial charge in [0.25, 0.3) is 5.56 Å². The molecule has 0 amide bonds. The van der Waals surface area contributed by atoms with E-state index in [1.807, 2.05) is 6.07 Å². The van der Waals surface area contributed by atoms with Crippen LogP contribution in [0.25, 0.3) is 11.2 Å². The molecule has 0 radical (unpaired) electrons. The SMILES string of the molecule is Cn1c(=O)c2c(nc(Oc3ccccc3)n2Cc2ccccc2F)n(C)c1=O. The zero-order chi connectivity index (χ0) is 19.8. The second-order valence-electron chi connectivity index (χ2n) is 6.37. The monoisotopic (exact) mass is 380 g/mol. The minimum Gasteiger partial charge on any atom is -0.425 e. The number of halogens is 1. The predicted octanol–water partition coefficient (Wildman–Crippen LogP) is 2.41. The van der Waals surface area contributed by atoms with Crippen molar-refractivity contribution in [2.24, 2.45) is 14.1 Å². The Hall–Kier alpha value is -3.68. The lowest BCUT2D eigenvalue weighted by atomic mass is 10.2. The third-order valence-electron chi connectivity index (χ3n) is 4.55. The summed E-state index contributed by atoms with van der Waals surface area (Å²) in [6.07, 6.45) is 0. The summed E-state index contributed by atoms with van der Waals surface area (Å²) in [5.74, 6) is 0.103. The van der Waals surface area contributed by atoms with Crippen molar-refractivity contribution in [3.63, 3.8) is 0 Å². The standard InChI is InChI=1S/C20H17FN4O3/c1-23-17-16(18(26)24(2)20(23)27)25(12-13-8-6-7-11-15(13)21)19(22-17)28-14-9-4-3-5-10-14/h3-11H,12H2,1-2H3. The molecule has 0 aliphatic carbocycles. The molecule has 7 nitrogen and oxygen atoms in total. The highest BCUT2D eigenvalue weighted by Gasteiger charge is 2.21. The van der Waals surface area contributed by atoms with Crippen LogP contribution in [0.15, 0.2) is 64.2 Å². The fourth-order valence-corrected chi connectivity index (χ4v) is 3.04. The Bertz CT molecular complexity index is 1290. The van der Waals surface area contributed by atoms with E-state index >= 15 is 0 Å². The van der Waals surface area contributed by atoms with Crippen LogP contribution >= 0.6 is 0 Å². The van der Waals surface area contributed by atoms with Gasteiger partial charge in [-0.05, 0) is 18.2 Å². The summed E-state index contributed by atoms with van der Waals surface area (Å²) < 4.78 is 23.9. The number of rotatable bonds is 4. The maximum atomic E-state index is 14.3. The van der Waals surface area contributed by atoms with Gasteiger partial charge in [0.15, 0.2) is 11.2 Å².